The molecule has 3 aromatic rings. The van der Waals surface area contributed by atoms with Gasteiger partial charge in [-0.05, 0) is 36.6 Å². The Morgan fingerprint density at radius 3 is 2.81 bits per heavy atom. The van der Waals surface area contributed by atoms with Crippen molar-refractivity contribution in [1.82, 2.24) is 9.47 Å². The van der Waals surface area contributed by atoms with Gasteiger partial charge in [0.1, 0.15) is 17.9 Å². The number of aryl methyl sites for hydroxylation is 1. The molecule has 0 saturated carbocycles. The first-order chi connectivity index (χ1) is 14.9. The van der Waals surface area contributed by atoms with Crippen LogP contribution in [0, 0.1) is 17.2 Å². The molecule has 7 nitrogen and oxygen atoms in total. The predicted octanol–water partition coefficient (Wildman–Crippen LogP) is 3.76. The molecule has 5 rings (SSSR count). The molecule has 0 saturated heterocycles. The maximum absolute atomic E-state index is 13.5. The van der Waals surface area contributed by atoms with E-state index in [4.69, 9.17) is 11.6 Å². The zero-order chi connectivity index (χ0) is 21.9. The molecule has 2 atom stereocenters. The fourth-order valence-electron chi connectivity index (χ4n) is 4.34. The van der Waals surface area contributed by atoms with E-state index in [1.807, 2.05) is 12.1 Å². The number of rotatable bonds is 2. The number of hydrogen-bond donors (Lipinski definition) is 0. The summed E-state index contributed by atoms with van der Waals surface area (Å²) in [6.07, 6.45) is 2.56. The minimum atomic E-state index is -1.09. The van der Waals surface area contributed by atoms with Crippen LogP contribution in [0.4, 0.5) is 10.5 Å². The number of halogens is 1. The summed E-state index contributed by atoms with van der Waals surface area (Å²) in [5.74, 6) is -1.63. The fourth-order valence-corrected chi connectivity index (χ4v) is 5.53. The summed E-state index contributed by atoms with van der Waals surface area (Å²) in [6.45, 7) is 0. The van der Waals surface area contributed by atoms with Gasteiger partial charge in [0.25, 0.3) is 0 Å². The van der Waals surface area contributed by atoms with Crippen molar-refractivity contribution in [1.29, 1.82) is 5.26 Å². The van der Waals surface area contributed by atoms with Crippen LogP contribution < -0.4 is 4.87 Å². The Bertz CT molecular complexity index is 1410. The lowest BCUT2D eigenvalue weighted by atomic mass is 10.0. The molecule has 2 aromatic carbocycles. The van der Waals surface area contributed by atoms with Crippen molar-refractivity contribution in [3.05, 3.63) is 62.2 Å². The molecule has 154 valence electrons. The molecule has 0 spiro atoms. The number of thiazole rings is 1. The van der Waals surface area contributed by atoms with Crippen molar-refractivity contribution in [2.75, 3.05) is 0 Å². The van der Waals surface area contributed by atoms with Gasteiger partial charge in [-0.2, -0.15) is 19.5 Å². The first-order valence-corrected chi connectivity index (χ1v) is 10.9. The van der Waals surface area contributed by atoms with Crippen molar-refractivity contribution in [3.8, 4) is 6.07 Å². The second-order valence-electron chi connectivity index (χ2n) is 7.56. The zero-order valence-electron chi connectivity index (χ0n) is 16.4. The third-order valence-electron chi connectivity index (χ3n) is 5.90. The van der Waals surface area contributed by atoms with Gasteiger partial charge in [-0.25, -0.2) is 4.79 Å². The second-order valence-corrected chi connectivity index (χ2v) is 8.96. The van der Waals surface area contributed by atoms with Crippen molar-refractivity contribution in [2.24, 2.45) is 13.0 Å². The van der Waals surface area contributed by atoms with E-state index in [-0.39, 0.29) is 4.87 Å². The number of carbonyl (C=O) groups excluding carboxylic acids is 2. The van der Waals surface area contributed by atoms with Gasteiger partial charge in [-0.15, -0.1) is 0 Å². The molecule has 31 heavy (non-hydrogen) atoms. The number of nitrogens with zero attached hydrogens (tertiary/aromatic N) is 4. The summed E-state index contributed by atoms with van der Waals surface area (Å²) in [7, 11) is 1.69. The molecular weight excluding hydrogens is 436 g/mol. The van der Waals surface area contributed by atoms with Gasteiger partial charge in [0.2, 0.25) is 5.92 Å². The van der Waals surface area contributed by atoms with E-state index in [9.17, 15) is 19.6 Å². The van der Waals surface area contributed by atoms with E-state index < -0.39 is 23.9 Å². The molecule has 1 aromatic heterocycles. The molecule has 2 heterocycles. The van der Waals surface area contributed by atoms with Crippen molar-refractivity contribution < 1.29 is 14.2 Å². The molecule has 1 aliphatic carbocycles. The largest absolute Gasteiger partial charge is 0.506 e. The first kappa shape index (κ1) is 19.7. The van der Waals surface area contributed by atoms with E-state index >= 15 is 0 Å². The van der Waals surface area contributed by atoms with Crippen LogP contribution in [0.2, 0.25) is 5.02 Å². The lowest BCUT2D eigenvalue weighted by molar-refractivity contribution is -0.345. The third-order valence-corrected chi connectivity index (χ3v) is 7.25. The number of benzene rings is 2. The number of carbonyl (C=O) groups is 2. The normalized spacial score (nSPS) is 20.7. The quantitative estimate of drug-likeness (QED) is 0.555. The summed E-state index contributed by atoms with van der Waals surface area (Å²) in [4.78, 5) is 39.6. The highest BCUT2D eigenvalue weighted by Crippen LogP contribution is 2.41. The number of hydrogen-bond acceptors (Lipinski definition) is 5. The van der Waals surface area contributed by atoms with Crippen molar-refractivity contribution in [3.63, 3.8) is 0 Å². The zero-order valence-corrected chi connectivity index (χ0v) is 18.0. The van der Waals surface area contributed by atoms with Crippen LogP contribution in [0.3, 0.4) is 0 Å². The molecule has 9 heteroatoms. The summed E-state index contributed by atoms with van der Waals surface area (Å²) >= 11 is 7.39. The molecule has 0 N–H and O–H groups in total. The monoisotopic (exact) mass is 451 g/mol. The summed E-state index contributed by atoms with van der Waals surface area (Å²) < 4.78 is 3.60. The molecule has 2 unspecified atom stereocenters. The minimum Gasteiger partial charge on any atom is -0.302 e. The van der Waals surface area contributed by atoms with Gasteiger partial charge in [-0.1, -0.05) is 35.1 Å². The first-order valence-electron chi connectivity index (χ1n) is 9.68. The molecular formula is C22H16ClN4O3S+. The number of amides is 3. The van der Waals surface area contributed by atoms with Gasteiger partial charge in [0, 0.05) is 23.7 Å². The highest BCUT2D eigenvalue weighted by Gasteiger charge is 2.50. The van der Waals surface area contributed by atoms with Gasteiger partial charge < -0.3 is 4.57 Å². The van der Waals surface area contributed by atoms with Crippen LogP contribution in [0.25, 0.3) is 10.2 Å². The average Bonchev–Trinajstić information content (AvgIpc) is 3.30. The Morgan fingerprint density at radius 2 is 2.03 bits per heavy atom. The summed E-state index contributed by atoms with van der Waals surface area (Å²) in [5, 5.41) is 10.2. The van der Waals surface area contributed by atoms with Crippen LogP contribution >= 0.6 is 22.9 Å². The summed E-state index contributed by atoms with van der Waals surface area (Å²) in [5.41, 5.74) is 3.03. The molecule has 3 amide bonds. The number of imide groups is 1. The van der Waals surface area contributed by atoms with E-state index in [2.05, 4.69) is 0 Å². The molecule has 0 bridgehead atoms. The van der Waals surface area contributed by atoms with Crippen LogP contribution in [-0.4, -0.2) is 32.2 Å². The highest BCUT2D eigenvalue weighted by atomic mass is 35.5. The van der Waals surface area contributed by atoms with Gasteiger partial charge >= 0.3 is 16.8 Å². The van der Waals surface area contributed by atoms with E-state index in [0.29, 0.717) is 23.6 Å². The van der Waals surface area contributed by atoms with E-state index in [1.165, 1.54) is 15.7 Å². The molecule has 1 aliphatic heterocycles. The Morgan fingerprint density at radius 1 is 1.23 bits per heavy atom. The third kappa shape index (κ3) is 2.92. The van der Waals surface area contributed by atoms with Gasteiger partial charge in [-0.3, -0.25) is 4.79 Å². The molecule has 2 aliphatic rings. The molecule has 0 radical (unpaired) electrons. The fraction of sp³-hybridized carbons (Fsp3) is 0.227. The lowest BCUT2D eigenvalue weighted by Gasteiger charge is -2.25. The van der Waals surface area contributed by atoms with Crippen LogP contribution in [-0.2, 0) is 18.3 Å². The average molecular weight is 452 g/mol. The predicted molar refractivity (Wildman–Crippen MR) is 117 cm³/mol. The maximum Gasteiger partial charge on any atom is 0.506 e. The smallest absolute Gasteiger partial charge is 0.302 e. The SMILES string of the molecule is Cn1c(=O)sc2cc([N+]3=CC(C#N)C(=O)N(C4CCc5c(Cl)cccc54)C3=O)ccc21. The summed E-state index contributed by atoms with van der Waals surface area (Å²) in [6, 6.07) is 11.7. The van der Waals surface area contributed by atoms with E-state index in [0.717, 1.165) is 32.7 Å². The number of nitriles is 1. The Balaban J connectivity index is 1.61. The van der Waals surface area contributed by atoms with Crippen LogP contribution in [0.5, 0.6) is 0 Å². The Kier molecular flexibility index (Phi) is 4.54. The minimum absolute atomic E-state index is 0.104. The van der Waals surface area contributed by atoms with Gasteiger partial charge in [0.05, 0.1) is 16.3 Å². The highest BCUT2D eigenvalue weighted by molar-refractivity contribution is 7.16. The van der Waals surface area contributed by atoms with Crippen LogP contribution in [0.1, 0.15) is 23.6 Å². The van der Waals surface area contributed by atoms with E-state index in [1.54, 1.807) is 41.9 Å². The second kappa shape index (κ2) is 7.15. The van der Waals surface area contributed by atoms with Crippen LogP contribution in [0.15, 0.2) is 41.2 Å². The topological polar surface area (TPSA) is 86.2 Å². The van der Waals surface area contributed by atoms with Crippen molar-refractivity contribution in [2.45, 2.75) is 18.9 Å². The van der Waals surface area contributed by atoms with Crippen molar-refractivity contribution >= 4 is 57.0 Å². The molecule has 0 fully saturated rings. The Labute approximate surface area is 186 Å². The maximum atomic E-state index is 13.5. The number of urea groups is 1. The standard InChI is InChI=1S/C22H16ClN4O3S/c1-25-18-7-5-13(9-19(18)31-22(25)30)26-11-12(10-24)20(28)27(21(26)29)17-8-6-14-15(17)3-2-4-16(14)23/h2-5,7,9,11-12,17H,6,8H2,1H3/q+1. The number of aromatic nitrogens is 1. The Hall–Kier alpha value is -3.28. The lowest BCUT2D eigenvalue weighted by Crippen LogP contribution is -2.50. The number of fused-ring (bicyclic) bond motifs is 2. The van der Waals surface area contributed by atoms with Gasteiger partial charge in [0.15, 0.2) is 0 Å².